The molecule has 1 rings (SSSR count). The number of carbonyl (C=O) groups excluding carboxylic acids is 1. The minimum atomic E-state index is -0.965. The van der Waals surface area contributed by atoms with E-state index in [1.54, 1.807) is 26.0 Å². The summed E-state index contributed by atoms with van der Waals surface area (Å²) in [4.78, 5) is 22.6. The van der Waals surface area contributed by atoms with Crippen LogP contribution in [0.15, 0.2) is 22.7 Å². The number of carboxylic acids is 1. The van der Waals surface area contributed by atoms with Crippen molar-refractivity contribution >= 4 is 39.4 Å². The third kappa shape index (κ3) is 4.66. The van der Waals surface area contributed by atoms with Gasteiger partial charge in [0.05, 0.1) is 6.42 Å². The van der Waals surface area contributed by atoms with Crippen LogP contribution in [0.3, 0.4) is 0 Å². The summed E-state index contributed by atoms with van der Waals surface area (Å²) in [5, 5.41) is 11.8. The molecule has 0 atom stereocenters. The maximum atomic E-state index is 12.0. The van der Waals surface area contributed by atoms with Crippen molar-refractivity contribution in [3.05, 3.63) is 33.3 Å². The summed E-state index contributed by atoms with van der Waals surface area (Å²) in [6, 6.07) is 4.82. The van der Waals surface area contributed by atoms with Gasteiger partial charge in [0.2, 0.25) is 0 Å². The van der Waals surface area contributed by atoms with E-state index >= 15 is 0 Å². The first kappa shape index (κ1) is 15.0. The summed E-state index contributed by atoms with van der Waals surface area (Å²) in [6.07, 6.45) is -0.152. The van der Waals surface area contributed by atoms with Crippen LogP contribution in [-0.4, -0.2) is 22.5 Å². The lowest BCUT2D eigenvalue weighted by Crippen LogP contribution is -2.44. The molecule has 0 heterocycles. The van der Waals surface area contributed by atoms with Gasteiger partial charge in [-0.25, -0.2) is 0 Å². The number of aliphatic carboxylic acids is 1. The molecule has 0 aliphatic heterocycles. The molecule has 6 heteroatoms. The van der Waals surface area contributed by atoms with Gasteiger partial charge in [-0.1, -0.05) is 27.5 Å². The zero-order valence-electron chi connectivity index (χ0n) is 9.96. The first-order chi connectivity index (χ1) is 8.19. The van der Waals surface area contributed by atoms with Crippen LogP contribution < -0.4 is 5.32 Å². The number of hydrogen-bond acceptors (Lipinski definition) is 2. The van der Waals surface area contributed by atoms with Crippen molar-refractivity contribution in [3.63, 3.8) is 0 Å². The maximum Gasteiger partial charge on any atom is 0.305 e. The van der Waals surface area contributed by atoms with Gasteiger partial charge in [-0.3, -0.25) is 9.59 Å². The topological polar surface area (TPSA) is 66.4 Å². The second-order valence-corrected chi connectivity index (χ2v) is 5.92. The van der Waals surface area contributed by atoms with E-state index in [1.165, 1.54) is 6.07 Å². The smallest absolute Gasteiger partial charge is 0.305 e. The molecule has 0 fully saturated rings. The zero-order chi connectivity index (χ0) is 13.9. The molecule has 4 nitrogen and oxygen atoms in total. The van der Waals surface area contributed by atoms with E-state index in [9.17, 15) is 9.59 Å². The average Bonchev–Trinajstić information content (AvgIpc) is 2.12. The Kier molecular flexibility index (Phi) is 4.76. The Morgan fingerprint density at radius 1 is 1.39 bits per heavy atom. The molecule has 1 aromatic rings. The van der Waals surface area contributed by atoms with Gasteiger partial charge in [0.1, 0.15) is 0 Å². The normalized spacial score (nSPS) is 11.1. The molecule has 0 aliphatic rings. The molecule has 18 heavy (non-hydrogen) atoms. The summed E-state index contributed by atoms with van der Waals surface area (Å²) in [6.45, 7) is 3.30. The maximum absolute atomic E-state index is 12.0. The van der Waals surface area contributed by atoms with Crippen molar-refractivity contribution in [2.45, 2.75) is 25.8 Å². The van der Waals surface area contributed by atoms with Crippen LogP contribution in [0.1, 0.15) is 30.6 Å². The van der Waals surface area contributed by atoms with Crippen molar-refractivity contribution in [2.75, 3.05) is 0 Å². The molecule has 98 valence electrons. The van der Waals surface area contributed by atoms with Crippen LogP contribution in [0, 0.1) is 0 Å². The average molecular weight is 335 g/mol. The van der Waals surface area contributed by atoms with E-state index < -0.39 is 11.5 Å². The summed E-state index contributed by atoms with van der Waals surface area (Å²) in [5.41, 5.74) is -0.439. The predicted molar refractivity (Wildman–Crippen MR) is 73.0 cm³/mol. The highest BCUT2D eigenvalue weighted by molar-refractivity contribution is 9.10. The van der Waals surface area contributed by atoms with Gasteiger partial charge >= 0.3 is 5.97 Å². The largest absolute Gasteiger partial charge is 0.481 e. The van der Waals surface area contributed by atoms with E-state index in [1.807, 2.05) is 0 Å². The van der Waals surface area contributed by atoms with Crippen molar-refractivity contribution in [2.24, 2.45) is 0 Å². The van der Waals surface area contributed by atoms with Crippen LogP contribution in [0.4, 0.5) is 0 Å². The van der Waals surface area contributed by atoms with E-state index in [0.29, 0.717) is 15.1 Å². The fourth-order valence-corrected chi connectivity index (χ4v) is 2.35. The van der Waals surface area contributed by atoms with Crippen LogP contribution >= 0.6 is 27.5 Å². The number of carboxylic acid groups (broad SMARTS) is 1. The third-order valence-electron chi connectivity index (χ3n) is 2.17. The summed E-state index contributed by atoms with van der Waals surface area (Å²) in [7, 11) is 0. The SMILES string of the molecule is CC(C)(CC(=O)O)NC(=O)c1cc(Cl)cc(Br)c1. The fraction of sp³-hybridized carbons (Fsp3) is 0.333. The highest BCUT2D eigenvalue weighted by atomic mass is 79.9. The first-order valence-corrected chi connectivity index (χ1v) is 6.37. The van der Waals surface area contributed by atoms with Gasteiger partial charge in [0.15, 0.2) is 0 Å². The Hall–Kier alpha value is -1.07. The summed E-state index contributed by atoms with van der Waals surface area (Å²) in [5.74, 6) is -1.32. The van der Waals surface area contributed by atoms with Crippen LogP contribution in [0.2, 0.25) is 5.02 Å². The van der Waals surface area contributed by atoms with Gasteiger partial charge in [0, 0.05) is 20.6 Å². The Morgan fingerprint density at radius 3 is 2.50 bits per heavy atom. The van der Waals surface area contributed by atoms with E-state index in [-0.39, 0.29) is 12.3 Å². The Bertz CT molecular complexity index is 468. The second kappa shape index (κ2) is 5.71. The summed E-state index contributed by atoms with van der Waals surface area (Å²) < 4.78 is 0.691. The molecule has 0 aliphatic carbocycles. The fourth-order valence-electron chi connectivity index (χ4n) is 1.49. The number of carbonyl (C=O) groups is 2. The van der Waals surface area contributed by atoms with Crippen molar-refractivity contribution in [1.82, 2.24) is 5.32 Å². The molecule has 1 amide bonds. The number of amides is 1. The van der Waals surface area contributed by atoms with Gasteiger partial charge in [0.25, 0.3) is 5.91 Å². The molecular weight excluding hydrogens is 321 g/mol. The number of halogens is 2. The molecule has 0 radical (unpaired) electrons. The predicted octanol–water partition coefficient (Wildman–Crippen LogP) is 3.09. The van der Waals surface area contributed by atoms with Crippen LogP contribution in [0.25, 0.3) is 0 Å². The quantitative estimate of drug-likeness (QED) is 0.889. The lowest BCUT2D eigenvalue weighted by Gasteiger charge is -2.24. The standard InChI is InChI=1S/C12H13BrClNO3/c1-12(2,6-10(16)17)15-11(18)7-3-8(13)5-9(14)4-7/h3-5H,6H2,1-2H3,(H,15,18)(H,16,17). The molecular formula is C12H13BrClNO3. The molecule has 0 spiro atoms. The molecule has 2 N–H and O–H groups in total. The molecule has 0 aromatic heterocycles. The highest BCUT2D eigenvalue weighted by Gasteiger charge is 2.24. The minimum Gasteiger partial charge on any atom is -0.481 e. The number of hydrogen-bond donors (Lipinski definition) is 2. The minimum absolute atomic E-state index is 0.152. The van der Waals surface area contributed by atoms with Gasteiger partial charge in [-0.05, 0) is 32.0 Å². The van der Waals surface area contributed by atoms with E-state index in [2.05, 4.69) is 21.2 Å². The van der Waals surface area contributed by atoms with E-state index in [0.717, 1.165) is 0 Å². The molecule has 0 unspecified atom stereocenters. The number of nitrogens with one attached hydrogen (secondary N) is 1. The Balaban J connectivity index is 2.85. The molecule has 1 aromatic carbocycles. The van der Waals surface area contributed by atoms with Crippen molar-refractivity contribution < 1.29 is 14.7 Å². The van der Waals surface area contributed by atoms with Crippen molar-refractivity contribution in [3.8, 4) is 0 Å². The lowest BCUT2D eigenvalue weighted by molar-refractivity contribution is -0.138. The van der Waals surface area contributed by atoms with Gasteiger partial charge in [-0.15, -0.1) is 0 Å². The molecule has 0 saturated heterocycles. The number of benzene rings is 1. The Morgan fingerprint density at radius 2 is 2.00 bits per heavy atom. The molecule has 0 saturated carbocycles. The second-order valence-electron chi connectivity index (χ2n) is 4.57. The molecule has 0 bridgehead atoms. The summed E-state index contributed by atoms with van der Waals surface area (Å²) >= 11 is 9.09. The highest BCUT2D eigenvalue weighted by Crippen LogP contribution is 2.20. The van der Waals surface area contributed by atoms with Gasteiger partial charge in [-0.2, -0.15) is 0 Å². The van der Waals surface area contributed by atoms with E-state index in [4.69, 9.17) is 16.7 Å². The Labute approximate surface area is 118 Å². The lowest BCUT2D eigenvalue weighted by atomic mass is 10.00. The van der Waals surface area contributed by atoms with Gasteiger partial charge < -0.3 is 10.4 Å². The number of rotatable bonds is 4. The van der Waals surface area contributed by atoms with Crippen molar-refractivity contribution in [1.29, 1.82) is 0 Å². The monoisotopic (exact) mass is 333 g/mol. The zero-order valence-corrected chi connectivity index (χ0v) is 12.3. The third-order valence-corrected chi connectivity index (χ3v) is 2.85. The van der Waals surface area contributed by atoms with Crippen LogP contribution in [-0.2, 0) is 4.79 Å². The van der Waals surface area contributed by atoms with Crippen LogP contribution in [0.5, 0.6) is 0 Å². The first-order valence-electron chi connectivity index (χ1n) is 5.20.